The SMILES string of the molecule is CNCc1cc2cccc3c2c2c1CCc1cc(C4CCCC(O)(C(Cc5ccccc5)CC5(N=C(N)N)Oc6ccc7c(c6)CCC(C)C7CC(S(=O)(=O)[O-])C6C=C7CC(CC8CC(CO)CC#Cc9cc(O)ccc9C7O8)C6c6ccc5cc6)C4)ccc1C(O)C2C=C3.[Na+]. The molecule has 1 saturated carbocycles. The Morgan fingerprint density at radius 1 is 0.875 bits per heavy atom. The van der Waals surface area contributed by atoms with Gasteiger partial charge in [0.25, 0.3) is 0 Å². The van der Waals surface area contributed by atoms with Crippen molar-refractivity contribution in [3.8, 4) is 23.3 Å². The number of nitrogens with two attached hydrogens (primary N) is 2. The van der Waals surface area contributed by atoms with Gasteiger partial charge in [-0.1, -0.05) is 140 Å². The zero-order chi connectivity index (χ0) is 65.5. The fraction of sp³-hybridized carbons (Fsp3) is 0.420. The minimum atomic E-state index is -4.98. The summed E-state index contributed by atoms with van der Waals surface area (Å²) in [6, 6.07) is 45.0. The first-order chi connectivity index (χ1) is 45.9. The molecule has 7 aromatic rings. The van der Waals surface area contributed by atoms with E-state index in [4.69, 9.17) is 25.9 Å². The van der Waals surface area contributed by atoms with Gasteiger partial charge in [-0.25, -0.2) is 13.4 Å². The van der Waals surface area contributed by atoms with Crippen LogP contribution in [0.25, 0.3) is 16.8 Å². The van der Waals surface area contributed by atoms with Crippen LogP contribution in [0.3, 0.4) is 0 Å². The third-order valence-electron chi connectivity index (χ3n) is 23.5. The summed E-state index contributed by atoms with van der Waals surface area (Å²) < 4.78 is 58.2. The Morgan fingerprint density at radius 3 is 2.46 bits per heavy atom. The maximum atomic E-state index is 14.5. The fourth-order valence-electron chi connectivity index (χ4n) is 19.0. The summed E-state index contributed by atoms with van der Waals surface area (Å²) in [5, 5.41) is 52.7. The number of aliphatic imine (C=N–C) groups is 1. The van der Waals surface area contributed by atoms with E-state index in [-0.39, 0.29) is 102 Å². The van der Waals surface area contributed by atoms with Crippen LogP contribution in [0.2, 0.25) is 0 Å². The molecular formula is C81H87N4NaO9S. The molecule has 10 aliphatic rings. The first-order valence-electron chi connectivity index (χ1n) is 34.7. The van der Waals surface area contributed by atoms with Crippen molar-refractivity contribution in [1.29, 1.82) is 0 Å². The summed E-state index contributed by atoms with van der Waals surface area (Å²) in [7, 11) is -2.98. The molecule has 96 heavy (non-hydrogen) atoms. The van der Waals surface area contributed by atoms with E-state index in [0.717, 1.165) is 88.7 Å². The number of hydrogen-bond donors (Lipinski definition) is 7. The number of aromatic hydroxyl groups is 1. The summed E-state index contributed by atoms with van der Waals surface area (Å²) in [6.45, 7) is 2.79. The van der Waals surface area contributed by atoms with E-state index in [9.17, 15) is 33.4 Å². The van der Waals surface area contributed by atoms with Gasteiger partial charge in [0, 0.05) is 48.6 Å². The summed E-state index contributed by atoms with van der Waals surface area (Å²) in [5.74, 6) is 4.40. The molecule has 10 bridgehead atoms. The van der Waals surface area contributed by atoms with Crippen LogP contribution in [0.1, 0.15) is 191 Å². The molecule has 15 atom stereocenters. The number of rotatable bonds is 11. The molecule has 0 spiro atoms. The van der Waals surface area contributed by atoms with Crippen LogP contribution in [-0.4, -0.2) is 70.0 Å². The first kappa shape index (κ1) is 66.6. The van der Waals surface area contributed by atoms with Crippen molar-refractivity contribution in [2.24, 2.45) is 46.0 Å². The van der Waals surface area contributed by atoms with Gasteiger partial charge in [0.2, 0.25) is 5.72 Å². The monoisotopic (exact) mass is 1310 g/mol. The van der Waals surface area contributed by atoms with Crippen molar-refractivity contribution < 1.29 is 72.4 Å². The largest absolute Gasteiger partial charge is 1.00 e. The summed E-state index contributed by atoms with van der Waals surface area (Å²) in [6.07, 6.45) is 13.2. The van der Waals surface area contributed by atoms with Crippen LogP contribution in [-0.2, 0) is 52.8 Å². The zero-order valence-electron chi connectivity index (χ0n) is 55.3. The number of aliphatic hydroxyl groups is 3. The molecular weight excluding hydrogens is 1230 g/mol. The van der Waals surface area contributed by atoms with Gasteiger partial charge in [-0.2, -0.15) is 0 Å². The molecule has 5 heterocycles. The summed E-state index contributed by atoms with van der Waals surface area (Å²) in [5.41, 5.74) is 25.5. The average molecular weight is 1320 g/mol. The first-order valence-corrected chi connectivity index (χ1v) is 36.1. The Hall–Kier alpha value is -6.58. The number of ether oxygens (including phenoxy) is 2. The fourth-order valence-corrected chi connectivity index (χ4v) is 20.1. The number of nitrogens with zero attached hydrogens (tertiary/aromatic N) is 1. The van der Waals surface area contributed by atoms with Gasteiger partial charge in [-0.15, -0.1) is 0 Å². The van der Waals surface area contributed by atoms with Gasteiger partial charge in [-0.3, -0.25) is 0 Å². The second-order valence-corrected chi connectivity index (χ2v) is 30.8. The second-order valence-electron chi connectivity index (χ2n) is 29.2. The summed E-state index contributed by atoms with van der Waals surface area (Å²) >= 11 is 0. The van der Waals surface area contributed by atoms with Gasteiger partial charge >= 0.3 is 29.6 Å². The topological polar surface area (TPSA) is 233 Å². The van der Waals surface area contributed by atoms with Crippen LogP contribution in [0.4, 0.5) is 0 Å². The quantitative estimate of drug-likeness (QED) is 0.0160. The smallest absolute Gasteiger partial charge is 0.748 e. The minimum absolute atomic E-state index is 0. The molecule has 17 rings (SSSR count). The number of benzene rings is 7. The number of guanidine groups is 1. The van der Waals surface area contributed by atoms with E-state index in [1.165, 1.54) is 33.0 Å². The van der Waals surface area contributed by atoms with Crippen molar-refractivity contribution >= 4 is 32.9 Å². The Kier molecular flexibility index (Phi) is 18.7. The van der Waals surface area contributed by atoms with E-state index < -0.39 is 56.7 Å². The molecule has 5 aliphatic heterocycles. The number of allylic oxidation sites excluding steroid dienone is 1. The number of hydrogen-bond acceptors (Lipinski definition) is 11. The molecule has 13 nitrogen and oxygen atoms in total. The minimum Gasteiger partial charge on any atom is -0.748 e. The molecule has 1 saturated heterocycles. The standard InChI is InChI=1S/C81H88N4O9S.Na/c1-47-16-17-55-39-64-26-31-66(55)71(47)42-73(95(90,91)92)72-41-59-37-58(40-65-34-49(46-86)11-6-13-53-38-63(87)25-30-69(53)78(59)93-65)74(72)51-18-23-61(24-19-51)81(94-64,85-79(82)83)44-62(33-48-9-4-3-5-10-48)80(89)32-8-15-57(43-80)52-21-28-68-54(35-52)22-27-67-60(45-84-2)36-56-14-7-12-50-20-29-70(77(68)88)76(67)75(50)56;/h3-5,7,9-10,12,14,18-21,23-26,28-31,35-36,38-39,41,47,49,57-58,62,65,70-74,77-78,84,86-89H,8,11,15-17,22,27,32-34,37,40,42-46H2,1-2H3,(H4,82,83,85)(H,90,91,92);/q;+1/p-1. The molecule has 5 aliphatic carbocycles. The predicted octanol–water partition coefficient (Wildman–Crippen LogP) is 9.97. The predicted molar refractivity (Wildman–Crippen MR) is 370 cm³/mol. The number of nitrogens with one attached hydrogen (secondary N) is 1. The van der Waals surface area contributed by atoms with Crippen molar-refractivity contribution in [3.63, 3.8) is 0 Å². The number of phenolic OH excluding ortho intramolecular Hbond substituents is 1. The van der Waals surface area contributed by atoms with Crippen LogP contribution in [0, 0.1) is 41.4 Å². The molecule has 15 heteroatoms. The molecule has 15 unspecified atom stereocenters. The molecule has 0 aromatic heterocycles. The maximum absolute atomic E-state index is 14.5. The van der Waals surface area contributed by atoms with Crippen LogP contribution in [0.5, 0.6) is 11.5 Å². The zero-order valence-corrected chi connectivity index (χ0v) is 58.1. The molecule has 492 valence electrons. The summed E-state index contributed by atoms with van der Waals surface area (Å²) in [4.78, 5) is 5.23. The molecule has 9 N–H and O–H groups in total. The average Bonchev–Trinajstić information content (AvgIpc) is 1.03. The van der Waals surface area contributed by atoms with E-state index >= 15 is 0 Å². The normalized spacial score (nSPS) is 29.7. The number of aryl methyl sites for hydroxylation is 2. The molecule has 7 aromatic carbocycles. The number of phenols is 1. The molecule has 0 radical (unpaired) electrons. The van der Waals surface area contributed by atoms with Gasteiger partial charge in [0.15, 0.2) is 5.96 Å². The van der Waals surface area contributed by atoms with Crippen molar-refractivity contribution in [1.82, 2.24) is 5.32 Å². The Morgan fingerprint density at radius 2 is 1.67 bits per heavy atom. The molecule has 2 fully saturated rings. The van der Waals surface area contributed by atoms with Crippen LogP contribution >= 0.6 is 0 Å². The maximum Gasteiger partial charge on any atom is 1.00 e. The van der Waals surface area contributed by atoms with E-state index in [0.29, 0.717) is 68.2 Å². The van der Waals surface area contributed by atoms with Crippen LogP contribution in [0.15, 0.2) is 156 Å². The van der Waals surface area contributed by atoms with Crippen molar-refractivity contribution in [2.45, 2.75) is 168 Å². The number of fused-ring (bicyclic) bond motifs is 9. The van der Waals surface area contributed by atoms with Gasteiger partial charge in [-0.05, 0) is 246 Å². The van der Waals surface area contributed by atoms with E-state index in [1.807, 2.05) is 73.8 Å². The third-order valence-corrected chi connectivity index (χ3v) is 24.7. The van der Waals surface area contributed by atoms with Crippen LogP contribution < -0.4 is 51.1 Å². The van der Waals surface area contributed by atoms with Crippen molar-refractivity contribution in [2.75, 3.05) is 13.7 Å². The van der Waals surface area contributed by atoms with Crippen molar-refractivity contribution in [3.05, 3.63) is 229 Å². The third kappa shape index (κ3) is 12.6. The number of aliphatic hydroxyl groups excluding tert-OH is 2. The molecule has 0 amide bonds. The Balaban J connectivity index is 0.00000792. The van der Waals surface area contributed by atoms with Gasteiger partial charge < -0.3 is 51.2 Å². The van der Waals surface area contributed by atoms with Gasteiger partial charge in [0.1, 0.15) is 17.6 Å². The van der Waals surface area contributed by atoms with E-state index in [2.05, 4.69) is 96.9 Å². The Bertz CT molecular complexity index is 4390. The van der Waals surface area contributed by atoms with E-state index in [1.54, 1.807) is 12.1 Å². The Labute approximate surface area is 587 Å². The second kappa shape index (κ2) is 26.9. The van der Waals surface area contributed by atoms with Gasteiger partial charge in [0.05, 0.1) is 33.2 Å².